The third-order valence-electron chi connectivity index (χ3n) is 5.91. The number of phenolic OH excluding ortho intramolecular Hbond substituents is 1. The van der Waals surface area contributed by atoms with Gasteiger partial charge in [-0.2, -0.15) is 0 Å². The van der Waals surface area contributed by atoms with Crippen molar-refractivity contribution in [1.82, 2.24) is 0 Å². The minimum absolute atomic E-state index is 0.146. The zero-order chi connectivity index (χ0) is 25.1. The summed E-state index contributed by atoms with van der Waals surface area (Å²) >= 11 is 0. The van der Waals surface area contributed by atoms with E-state index in [2.05, 4.69) is 0 Å². The summed E-state index contributed by atoms with van der Waals surface area (Å²) in [4.78, 5) is 37.7. The van der Waals surface area contributed by atoms with Crippen molar-refractivity contribution in [3.05, 3.63) is 51.6 Å². The van der Waals surface area contributed by atoms with Crippen molar-refractivity contribution >= 4 is 17.5 Å². The van der Waals surface area contributed by atoms with Gasteiger partial charge in [0.05, 0.1) is 12.2 Å². The summed E-state index contributed by atoms with van der Waals surface area (Å²) < 4.78 is 10.7. The first-order valence-electron chi connectivity index (χ1n) is 10.0. The molecule has 12 nitrogen and oxygen atoms in total. The number of aromatic hydroxyl groups is 2. The number of hydrogen-bond donors (Lipinski definition) is 7. The fourth-order valence-corrected chi connectivity index (χ4v) is 4.20. The highest BCUT2D eigenvalue weighted by atomic mass is 16.7. The molecule has 34 heavy (non-hydrogen) atoms. The highest BCUT2D eigenvalue weighted by molar-refractivity contribution is 6.30. The van der Waals surface area contributed by atoms with Crippen molar-refractivity contribution < 1.29 is 59.6 Å². The molecule has 1 aliphatic carbocycles. The second-order valence-corrected chi connectivity index (χ2v) is 7.96. The fourth-order valence-electron chi connectivity index (χ4n) is 4.20. The number of aliphatic hydroxyl groups is 4. The van der Waals surface area contributed by atoms with Gasteiger partial charge in [-0.05, 0) is 24.6 Å². The molecule has 7 N–H and O–H groups in total. The molecule has 1 aliphatic heterocycles. The number of carbonyl (C=O) groups is 3. The van der Waals surface area contributed by atoms with Crippen LogP contribution < -0.4 is 4.74 Å². The number of benzene rings is 2. The van der Waals surface area contributed by atoms with Crippen molar-refractivity contribution in [2.75, 3.05) is 6.61 Å². The lowest BCUT2D eigenvalue weighted by Crippen LogP contribution is -2.60. The van der Waals surface area contributed by atoms with Gasteiger partial charge in [0, 0.05) is 22.8 Å². The maximum absolute atomic E-state index is 13.1. The molecule has 1 fully saturated rings. The van der Waals surface area contributed by atoms with Crippen molar-refractivity contribution in [1.29, 1.82) is 0 Å². The van der Waals surface area contributed by atoms with Crippen LogP contribution >= 0.6 is 0 Å². The predicted octanol–water partition coefficient (Wildman–Crippen LogP) is -0.941. The van der Waals surface area contributed by atoms with Crippen molar-refractivity contribution in [3.63, 3.8) is 0 Å². The molecular formula is C22H20O12. The minimum Gasteiger partial charge on any atom is -0.507 e. The van der Waals surface area contributed by atoms with Gasteiger partial charge < -0.3 is 45.2 Å². The minimum atomic E-state index is -1.76. The second-order valence-electron chi connectivity index (χ2n) is 7.96. The molecule has 180 valence electrons. The molecule has 0 aromatic heterocycles. The molecule has 0 bridgehead atoms. The van der Waals surface area contributed by atoms with E-state index in [4.69, 9.17) is 9.47 Å². The highest BCUT2D eigenvalue weighted by Gasteiger charge is 2.45. The van der Waals surface area contributed by atoms with Gasteiger partial charge in [-0.3, -0.25) is 9.59 Å². The maximum Gasteiger partial charge on any atom is 0.339 e. The van der Waals surface area contributed by atoms with E-state index in [1.165, 1.54) is 6.92 Å². The third kappa shape index (κ3) is 3.48. The Balaban J connectivity index is 1.75. The first-order chi connectivity index (χ1) is 16.0. The van der Waals surface area contributed by atoms with E-state index in [1.807, 2.05) is 0 Å². The van der Waals surface area contributed by atoms with Crippen molar-refractivity contribution in [2.45, 2.75) is 37.6 Å². The molecule has 12 heteroatoms. The largest absolute Gasteiger partial charge is 0.507 e. The lowest BCUT2D eigenvalue weighted by atomic mass is 9.80. The predicted molar refractivity (Wildman–Crippen MR) is 109 cm³/mol. The van der Waals surface area contributed by atoms with E-state index in [0.717, 1.165) is 18.2 Å². The normalized spacial score (nSPS) is 26.1. The first-order valence-corrected chi connectivity index (χ1v) is 10.0. The lowest BCUT2D eigenvalue weighted by molar-refractivity contribution is -0.277. The number of fused-ring (bicyclic) bond motifs is 2. The molecule has 2 aromatic rings. The molecule has 0 amide bonds. The molecule has 2 aliphatic rings. The molecule has 5 atom stereocenters. The van der Waals surface area contributed by atoms with Gasteiger partial charge in [-0.1, -0.05) is 0 Å². The molecule has 0 spiro atoms. The van der Waals surface area contributed by atoms with Crippen LogP contribution in [-0.2, 0) is 4.74 Å². The zero-order valence-corrected chi connectivity index (χ0v) is 17.5. The Kier molecular flexibility index (Phi) is 5.79. The quantitative estimate of drug-likeness (QED) is 0.243. The summed E-state index contributed by atoms with van der Waals surface area (Å²) in [5, 5.41) is 69.2. The number of carboxylic acids is 1. The van der Waals surface area contributed by atoms with E-state index in [0.29, 0.717) is 0 Å². The summed E-state index contributed by atoms with van der Waals surface area (Å²) in [6, 6.07) is 2.87. The third-order valence-corrected chi connectivity index (χ3v) is 5.91. The average molecular weight is 476 g/mol. The topological polar surface area (TPSA) is 211 Å². The highest BCUT2D eigenvalue weighted by Crippen LogP contribution is 2.40. The molecule has 0 unspecified atom stereocenters. The number of ketones is 2. The Morgan fingerprint density at radius 2 is 1.59 bits per heavy atom. The molecule has 1 saturated heterocycles. The van der Waals surface area contributed by atoms with Crippen molar-refractivity contribution in [3.8, 4) is 17.2 Å². The summed E-state index contributed by atoms with van der Waals surface area (Å²) in [6.45, 7) is 0.553. The van der Waals surface area contributed by atoms with Gasteiger partial charge in [0.1, 0.15) is 47.2 Å². The number of carboxylic acid groups (broad SMARTS) is 1. The summed E-state index contributed by atoms with van der Waals surface area (Å²) in [5.41, 5.74) is -1.98. The monoisotopic (exact) mass is 476 g/mol. The Morgan fingerprint density at radius 3 is 2.21 bits per heavy atom. The number of phenols is 2. The van der Waals surface area contributed by atoms with Crippen LogP contribution in [0.5, 0.6) is 17.2 Å². The van der Waals surface area contributed by atoms with E-state index in [-0.39, 0.29) is 28.0 Å². The van der Waals surface area contributed by atoms with E-state index in [1.54, 1.807) is 0 Å². The van der Waals surface area contributed by atoms with Crippen LogP contribution in [0.2, 0.25) is 0 Å². The Bertz CT molecular complexity index is 1220. The van der Waals surface area contributed by atoms with Crippen LogP contribution in [-0.4, -0.2) is 90.6 Å². The van der Waals surface area contributed by atoms with E-state index < -0.39 is 77.5 Å². The van der Waals surface area contributed by atoms with Crippen LogP contribution in [0.1, 0.15) is 47.8 Å². The van der Waals surface area contributed by atoms with Crippen molar-refractivity contribution in [2.24, 2.45) is 0 Å². The van der Waals surface area contributed by atoms with Gasteiger partial charge in [0.2, 0.25) is 6.29 Å². The Hall–Kier alpha value is -3.55. The molecule has 2 aromatic carbocycles. The van der Waals surface area contributed by atoms with Gasteiger partial charge in [-0.25, -0.2) is 4.79 Å². The Morgan fingerprint density at radius 1 is 0.941 bits per heavy atom. The van der Waals surface area contributed by atoms with E-state index >= 15 is 0 Å². The summed E-state index contributed by atoms with van der Waals surface area (Å²) in [6.07, 6.45) is -7.99. The molecule has 0 saturated carbocycles. The van der Waals surface area contributed by atoms with E-state index in [9.17, 15) is 50.1 Å². The zero-order valence-electron chi connectivity index (χ0n) is 17.5. The average Bonchev–Trinajstić information content (AvgIpc) is 2.76. The van der Waals surface area contributed by atoms with Crippen LogP contribution in [0, 0.1) is 6.92 Å². The van der Waals surface area contributed by atoms with Gasteiger partial charge in [-0.15, -0.1) is 0 Å². The SMILES string of the molecule is Cc1c(C(=O)O)c(O)cc2c1C(=O)c1c(O)cc(O[C@@H]3O[C@@H](CO)[C@@H](O)[C@@H](O)[C@@H]3O)cc1C2=O. The Labute approximate surface area is 190 Å². The molecule has 1 heterocycles. The number of hydrogen-bond acceptors (Lipinski definition) is 11. The smallest absolute Gasteiger partial charge is 0.339 e. The summed E-state index contributed by atoms with van der Waals surface area (Å²) in [7, 11) is 0. The fraction of sp³-hybridized carbons (Fsp3) is 0.318. The lowest BCUT2D eigenvalue weighted by Gasteiger charge is -2.39. The first kappa shape index (κ1) is 23.6. The molecule has 4 rings (SSSR count). The number of aliphatic hydroxyl groups excluding tert-OH is 4. The maximum atomic E-state index is 13.1. The number of carbonyl (C=O) groups excluding carboxylic acids is 2. The summed E-state index contributed by atoms with van der Waals surface area (Å²) in [5.74, 6) is -4.82. The van der Waals surface area contributed by atoms with Crippen LogP contribution in [0.25, 0.3) is 0 Å². The van der Waals surface area contributed by atoms with Gasteiger partial charge >= 0.3 is 5.97 Å². The number of ether oxygens (including phenoxy) is 2. The van der Waals surface area contributed by atoms with Crippen LogP contribution in [0.3, 0.4) is 0 Å². The number of aromatic carboxylic acids is 1. The standard InChI is InChI=1S/C22H20O12/c1-6-13-9(4-11(25)14(6)21(31)32)16(26)8-2-7(3-10(24)15(8)18(13)28)33-22-20(30)19(29)17(27)12(5-23)34-22/h2-4,12,17,19-20,22-25,27,29-30H,5H2,1H3,(H,31,32)/t12-,17+,19+,20-,22+/m0/s1. The van der Waals surface area contributed by atoms with Gasteiger partial charge in [0.15, 0.2) is 11.6 Å². The molecular weight excluding hydrogens is 456 g/mol. The number of rotatable bonds is 4. The molecule has 0 radical (unpaired) electrons. The van der Waals surface area contributed by atoms with Crippen LogP contribution in [0.4, 0.5) is 0 Å². The second kappa shape index (κ2) is 8.34. The van der Waals surface area contributed by atoms with Crippen LogP contribution in [0.15, 0.2) is 18.2 Å². The van der Waals surface area contributed by atoms with Gasteiger partial charge in [0.25, 0.3) is 0 Å².